The number of fused-ring (bicyclic) bond motifs is 1. The molecular weight excluding hydrogens is 231 g/mol. The highest BCUT2D eigenvalue weighted by Gasteiger charge is 2.34. The lowest BCUT2D eigenvalue weighted by Gasteiger charge is -2.22. The van der Waals surface area contributed by atoms with Gasteiger partial charge in [-0.25, -0.2) is 4.39 Å². The first-order valence-corrected chi connectivity index (χ1v) is 6.55. The van der Waals surface area contributed by atoms with E-state index in [1.165, 1.54) is 6.07 Å². The van der Waals surface area contributed by atoms with Crippen LogP contribution in [0.2, 0.25) is 0 Å². The van der Waals surface area contributed by atoms with Gasteiger partial charge < -0.3 is 10.5 Å². The normalized spacial score (nSPS) is 27.3. The zero-order valence-corrected chi connectivity index (χ0v) is 10.7. The van der Waals surface area contributed by atoms with Gasteiger partial charge in [0.1, 0.15) is 11.6 Å². The number of nitrogens with zero attached hydrogens (tertiary/aromatic N) is 1. The maximum Gasteiger partial charge on any atom is 0.128 e. The van der Waals surface area contributed by atoms with Gasteiger partial charge in [0.15, 0.2) is 0 Å². The second-order valence-electron chi connectivity index (χ2n) is 5.33. The second-order valence-corrected chi connectivity index (χ2v) is 5.33. The van der Waals surface area contributed by atoms with E-state index in [2.05, 4.69) is 11.9 Å². The summed E-state index contributed by atoms with van der Waals surface area (Å²) in [5.74, 6) is 1.22. The van der Waals surface area contributed by atoms with E-state index in [0.717, 1.165) is 36.3 Å². The van der Waals surface area contributed by atoms with Crippen LogP contribution in [0.25, 0.3) is 0 Å². The van der Waals surface area contributed by atoms with Gasteiger partial charge in [0.2, 0.25) is 0 Å². The molecule has 0 spiro atoms. The van der Waals surface area contributed by atoms with Crippen molar-refractivity contribution in [3.05, 3.63) is 29.1 Å². The highest BCUT2D eigenvalue weighted by Crippen LogP contribution is 2.41. The molecule has 2 N–H and O–H groups in total. The Balaban J connectivity index is 1.99. The number of ether oxygens (including phenoxy) is 1. The number of benzene rings is 1. The first-order chi connectivity index (χ1) is 8.70. The van der Waals surface area contributed by atoms with Crippen molar-refractivity contribution in [2.45, 2.75) is 18.9 Å². The minimum Gasteiger partial charge on any atom is -0.493 e. The lowest BCUT2D eigenvalue weighted by atomic mass is 9.94. The molecule has 18 heavy (non-hydrogen) atoms. The van der Waals surface area contributed by atoms with Crippen LogP contribution in [0, 0.1) is 11.7 Å². The first kappa shape index (κ1) is 11.9. The lowest BCUT2D eigenvalue weighted by molar-refractivity contribution is 0.305. The van der Waals surface area contributed by atoms with Crippen molar-refractivity contribution < 1.29 is 9.13 Å². The summed E-state index contributed by atoms with van der Waals surface area (Å²) >= 11 is 0. The van der Waals surface area contributed by atoms with Gasteiger partial charge in [0.25, 0.3) is 0 Å². The number of halogens is 1. The Bertz CT molecular complexity index is 463. The minimum absolute atomic E-state index is 0.103. The molecule has 0 bridgehead atoms. The van der Waals surface area contributed by atoms with Gasteiger partial charge in [0, 0.05) is 30.1 Å². The molecule has 2 atom stereocenters. The van der Waals surface area contributed by atoms with Crippen LogP contribution < -0.4 is 10.5 Å². The van der Waals surface area contributed by atoms with Gasteiger partial charge in [-0.15, -0.1) is 0 Å². The molecule has 0 radical (unpaired) electrons. The molecule has 2 heterocycles. The van der Waals surface area contributed by atoms with Crippen molar-refractivity contribution in [1.82, 2.24) is 4.90 Å². The van der Waals surface area contributed by atoms with E-state index in [-0.39, 0.29) is 11.9 Å². The number of hydrogen-bond donors (Lipinski definition) is 1. The molecule has 0 amide bonds. The van der Waals surface area contributed by atoms with Crippen molar-refractivity contribution in [3.63, 3.8) is 0 Å². The molecule has 3 rings (SSSR count). The number of likely N-dealkylation sites (tertiary alicyclic amines) is 1. The quantitative estimate of drug-likeness (QED) is 0.868. The summed E-state index contributed by atoms with van der Waals surface area (Å²) in [6.07, 6.45) is 1.76. The Labute approximate surface area is 107 Å². The summed E-state index contributed by atoms with van der Waals surface area (Å²) in [4.78, 5) is 2.22. The van der Waals surface area contributed by atoms with Crippen LogP contribution >= 0.6 is 0 Å². The standard InChI is InChI=1S/C14H19FN2O/c1-17-8-9(7-16)6-12(17)14-10-4-5-18-13(10)3-2-11(14)15/h2-3,9,12H,4-8,16H2,1H3. The molecule has 1 aromatic carbocycles. The predicted molar refractivity (Wildman–Crippen MR) is 68.1 cm³/mol. The number of rotatable bonds is 2. The zero-order valence-electron chi connectivity index (χ0n) is 10.7. The third-order valence-electron chi connectivity index (χ3n) is 4.17. The summed E-state index contributed by atoms with van der Waals surface area (Å²) in [5.41, 5.74) is 7.64. The van der Waals surface area contributed by atoms with E-state index in [0.29, 0.717) is 19.1 Å². The fourth-order valence-corrected chi connectivity index (χ4v) is 3.25. The van der Waals surface area contributed by atoms with E-state index in [1.54, 1.807) is 6.07 Å². The van der Waals surface area contributed by atoms with E-state index in [9.17, 15) is 4.39 Å². The average molecular weight is 250 g/mol. The Morgan fingerprint density at radius 1 is 1.50 bits per heavy atom. The van der Waals surface area contributed by atoms with Crippen molar-refractivity contribution in [2.75, 3.05) is 26.7 Å². The number of nitrogens with two attached hydrogens (primary N) is 1. The molecule has 3 nitrogen and oxygen atoms in total. The van der Waals surface area contributed by atoms with E-state index in [4.69, 9.17) is 10.5 Å². The fourth-order valence-electron chi connectivity index (χ4n) is 3.25. The average Bonchev–Trinajstić information content (AvgIpc) is 2.96. The van der Waals surface area contributed by atoms with Crippen molar-refractivity contribution in [3.8, 4) is 5.75 Å². The van der Waals surface area contributed by atoms with E-state index in [1.807, 2.05) is 0 Å². The number of hydrogen-bond acceptors (Lipinski definition) is 3. The molecule has 1 aromatic rings. The first-order valence-electron chi connectivity index (χ1n) is 6.55. The second kappa shape index (κ2) is 4.52. The van der Waals surface area contributed by atoms with Crippen molar-refractivity contribution in [1.29, 1.82) is 0 Å². The Hall–Kier alpha value is -1.13. The van der Waals surface area contributed by atoms with E-state index >= 15 is 0 Å². The molecule has 0 saturated carbocycles. The van der Waals surface area contributed by atoms with Crippen molar-refractivity contribution >= 4 is 0 Å². The largest absolute Gasteiger partial charge is 0.493 e. The van der Waals surface area contributed by atoms with Crippen LogP contribution in [0.3, 0.4) is 0 Å². The Morgan fingerprint density at radius 2 is 2.33 bits per heavy atom. The van der Waals surface area contributed by atoms with Crippen LogP contribution in [0.4, 0.5) is 4.39 Å². The van der Waals surface area contributed by atoms with Gasteiger partial charge in [-0.05, 0) is 38.1 Å². The topological polar surface area (TPSA) is 38.5 Å². The zero-order chi connectivity index (χ0) is 12.7. The summed E-state index contributed by atoms with van der Waals surface area (Å²) < 4.78 is 19.7. The molecule has 1 fully saturated rings. The van der Waals surface area contributed by atoms with Gasteiger partial charge >= 0.3 is 0 Å². The van der Waals surface area contributed by atoms with Crippen LogP contribution in [0.15, 0.2) is 12.1 Å². The Kier molecular flexibility index (Phi) is 2.99. The third kappa shape index (κ3) is 1.80. The highest BCUT2D eigenvalue weighted by molar-refractivity contribution is 5.45. The lowest BCUT2D eigenvalue weighted by Crippen LogP contribution is -2.21. The fraction of sp³-hybridized carbons (Fsp3) is 0.571. The molecule has 4 heteroatoms. The summed E-state index contributed by atoms with van der Waals surface area (Å²) in [7, 11) is 2.05. The Morgan fingerprint density at radius 3 is 3.06 bits per heavy atom. The van der Waals surface area contributed by atoms with E-state index < -0.39 is 0 Å². The molecule has 0 aromatic heterocycles. The van der Waals surface area contributed by atoms with Crippen LogP contribution in [-0.2, 0) is 6.42 Å². The highest BCUT2D eigenvalue weighted by atomic mass is 19.1. The maximum atomic E-state index is 14.2. The van der Waals surface area contributed by atoms with Gasteiger partial charge in [-0.1, -0.05) is 0 Å². The summed E-state index contributed by atoms with van der Waals surface area (Å²) in [6.45, 7) is 2.29. The van der Waals surface area contributed by atoms with Gasteiger partial charge in [-0.3, -0.25) is 4.90 Å². The molecular formula is C14H19FN2O. The van der Waals surface area contributed by atoms with Gasteiger partial charge in [-0.2, -0.15) is 0 Å². The molecule has 2 unspecified atom stereocenters. The molecule has 0 aliphatic carbocycles. The molecule has 1 saturated heterocycles. The van der Waals surface area contributed by atoms with Crippen LogP contribution in [0.5, 0.6) is 5.75 Å². The molecule has 2 aliphatic rings. The predicted octanol–water partition coefficient (Wildman–Crippen LogP) is 1.71. The van der Waals surface area contributed by atoms with Gasteiger partial charge in [0.05, 0.1) is 6.61 Å². The maximum absolute atomic E-state index is 14.2. The van der Waals surface area contributed by atoms with Crippen molar-refractivity contribution in [2.24, 2.45) is 11.7 Å². The molecule has 98 valence electrons. The summed E-state index contributed by atoms with van der Waals surface area (Å²) in [6, 6.07) is 3.43. The molecule has 2 aliphatic heterocycles. The van der Waals surface area contributed by atoms with Crippen LogP contribution in [0.1, 0.15) is 23.6 Å². The minimum atomic E-state index is -0.103. The SMILES string of the molecule is CN1CC(CN)CC1c1c(F)ccc2c1CCO2. The monoisotopic (exact) mass is 250 g/mol. The smallest absolute Gasteiger partial charge is 0.128 e. The summed E-state index contributed by atoms with van der Waals surface area (Å²) in [5, 5.41) is 0. The van der Waals surface area contributed by atoms with Crippen LogP contribution in [-0.4, -0.2) is 31.6 Å². The third-order valence-corrected chi connectivity index (χ3v) is 4.17.